The predicted octanol–water partition coefficient (Wildman–Crippen LogP) is 5.10. The molecule has 0 aliphatic carbocycles. The van der Waals surface area contributed by atoms with Crippen molar-refractivity contribution in [3.05, 3.63) is 94.5 Å². The number of aromatic nitrogens is 2. The van der Waals surface area contributed by atoms with E-state index < -0.39 is 0 Å². The van der Waals surface area contributed by atoms with Crippen LogP contribution in [0.3, 0.4) is 0 Å². The Hall–Kier alpha value is -2.23. The lowest BCUT2D eigenvalue weighted by Gasteiger charge is -2.32. The Labute approximate surface area is 166 Å². The zero-order valence-electron chi connectivity index (χ0n) is 15.4. The number of rotatable bonds is 5. The maximum absolute atomic E-state index is 5.99. The van der Waals surface area contributed by atoms with Crippen LogP contribution in [0.4, 0.5) is 0 Å². The average molecular weight is 378 g/mol. The second kappa shape index (κ2) is 8.64. The number of pyridine rings is 2. The first kappa shape index (κ1) is 18.1. The molecule has 3 aromatic rings. The standard InChI is InChI=1S/C23H24ClN3/c24-20-11-9-18(10-12-20)15-21-7-3-8-23(26-21)19-5-4-14-27(16-19)17-22-6-1-2-13-25-22/h1-3,6-13,19H,4-5,14-17H2/t19-/m0/s1. The Morgan fingerprint density at radius 3 is 2.63 bits per heavy atom. The molecule has 3 heterocycles. The Kier molecular flexibility index (Phi) is 5.81. The summed E-state index contributed by atoms with van der Waals surface area (Å²) in [5, 5.41) is 0.774. The van der Waals surface area contributed by atoms with E-state index in [0.29, 0.717) is 5.92 Å². The maximum Gasteiger partial charge on any atom is 0.0543 e. The molecule has 0 N–H and O–H groups in total. The monoisotopic (exact) mass is 377 g/mol. The van der Waals surface area contributed by atoms with E-state index >= 15 is 0 Å². The van der Waals surface area contributed by atoms with Crippen LogP contribution in [-0.4, -0.2) is 28.0 Å². The molecular formula is C23H24ClN3. The minimum Gasteiger partial charge on any atom is -0.297 e. The van der Waals surface area contributed by atoms with Gasteiger partial charge in [-0.3, -0.25) is 14.9 Å². The van der Waals surface area contributed by atoms with E-state index in [4.69, 9.17) is 16.6 Å². The summed E-state index contributed by atoms with van der Waals surface area (Å²) in [5.74, 6) is 0.493. The SMILES string of the molecule is Clc1ccc(Cc2cccc([C@H]3CCCN(Cc4ccccn4)C3)n2)cc1. The summed E-state index contributed by atoms with van der Waals surface area (Å²) < 4.78 is 0. The topological polar surface area (TPSA) is 29.0 Å². The maximum atomic E-state index is 5.99. The lowest BCUT2D eigenvalue weighted by atomic mass is 9.93. The van der Waals surface area contributed by atoms with Crippen molar-refractivity contribution in [1.82, 2.24) is 14.9 Å². The fourth-order valence-electron chi connectivity index (χ4n) is 3.80. The summed E-state index contributed by atoms with van der Waals surface area (Å²) in [6.07, 6.45) is 5.13. The average Bonchev–Trinajstić information content (AvgIpc) is 2.71. The van der Waals surface area contributed by atoms with Crippen molar-refractivity contribution in [1.29, 1.82) is 0 Å². The molecule has 1 atom stereocenters. The third-order valence-electron chi connectivity index (χ3n) is 5.16. The van der Waals surface area contributed by atoms with Gasteiger partial charge in [-0.05, 0) is 61.3 Å². The molecule has 0 amide bonds. The van der Waals surface area contributed by atoms with Crippen LogP contribution in [-0.2, 0) is 13.0 Å². The fourth-order valence-corrected chi connectivity index (χ4v) is 3.92. The van der Waals surface area contributed by atoms with Crippen LogP contribution in [0.1, 0.15) is 41.4 Å². The second-order valence-corrected chi connectivity index (χ2v) is 7.69. The summed E-state index contributed by atoms with van der Waals surface area (Å²) in [6.45, 7) is 3.10. The van der Waals surface area contributed by atoms with Crippen LogP contribution in [0.25, 0.3) is 0 Å². The molecule has 0 bridgehead atoms. The Morgan fingerprint density at radius 1 is 0.963 bits per heavy atom. The quantitative estimate of drug-likeness (QED) is 0.619. The van der Waals surface area contributed by atoms with Crippen molar-refractivity contribution in [3.63, 3.8) is 0 Å². The highest BCUT2D eigenvalue weighted by Gasteiger charge is 2.22. The highest BCUT2D eigenvalue weighted by atomic mass is 35.5. The number of benzene rings is 1. The van der Waals surface area contributed by atoms with E-state index in [1.165, 1.54) is 24.1 Å². The van der Waals surface area contributed by atoms with Crippen molar-refractivity contribution >= 4 is 11.6 Å². The van der Waals surface area contributed by atoms with Crippen LogP contribution in [0.5, 0.6) is 0 Å². The molecule has 1 saturated heterocycles. The third kappa shape index (κ3) is 4.94. The van der Waals surface area contributed by atoms with Crippen molar-refractivity contribution in [2.75, 3.05) is 13.1 Å². The number of hydrogen-bond acceptors (Lipinski definition) is 3. The number of likely N-dealkylation sites (tertiary alicyclic amines) is 1. The van der Waals surface area contributed by atoms with Crippen molar-refractivity contribution in [3.8, 4) is 0 Å². The molecule has 1 aliphatic heterocycles. The number of hydrogen-bond donors (Lipinski definition) is 0. The molecule has 0 unspecified atom stereocenters. The van der Waals surface area contributed by atoms with E-state index in [0.717, 1.165) is 42.5 Å². The molecule has 1 aromatic carbocycles. The Bertz CT molecular complexity index is 864. The first-order valence-corrected chi connectivity index (χ1v) is 9.96. The minimum atomic E-state index is 0.493. The second-order valence-electron chi connectivity index (χ2n) is 7.25. The minimum absolute atomic E-state index is 0.493. The van der Waals surface area contributed by atoms with Crippen LogP contribution in [0, 0.1) is 0 Å². The van der Waals surface area contributed by atoms with Gasteiger partial charge in [-0.15, -0.1) is 0 Å². The van der Waals surface area contributed by atoms with Gasteiger partial charge in [0.2, 0.25) is 0 Å². The van der Waals surface area contributed by atoms with E-state index in [9.17, 15) is 0 Å². The smallest absolute Gasteiger partial charge is 0.0543 e. The first-order valence-electron chi connectivity index (χ1n) is 9.59. The molecule has 1 fully saturated rings. The number of nitrogens with zero attached hydrogens (tertiary/aromatic N) is 3. The van der Waals surface area contributed by atoms with E-state index in [2.05, 4.69) is 52.3 Å². The molecule has 4 rings (SSSR count). The summed E-state index contributed by atoms with van der Waals surface area (Å²) >= 11 is 5.99. The Morgan fingerprint density at radius 2 is 1.81 bits per heavy atom. The van der Waals surface area contributed by atoms with Gasteiger partial charge in [-0.25, -0.2) is 0 Å². The van der Waals surface area contributed by atoms with E-state index in [-0.39, 0.29) is 0 Å². The van der Waals surface area contributed by atoms with Crippen molar-refractivity contribution < 1.29 is 0 Å². The van der Waals surface area contributed by atoms with Gasteiger partial charge in [0.25, 0.3) is 0 Å². The van der Waals surface area contributed by atoms with Gasteiger partial charge in [-0.2, -0.15) is 0 Å². The molecule has 4 heteroatoms. The zero-order chi connectivity index (χ0) is 18.5. The lowest BCUT2D eigenvalue weighted by molar-refractivity contribution is 0.196. The van der Waals surface area contributed by atoms with Crippen molar-refractivity contribution in [2.45, 2.75) is 31.7 Å². The molecule has 27 heavy (non-hydrogen) atoms. The number of halogens is 1. The molecule has 0 spiro atoms. The highest BCUT2D eigenvalue weighted by molar-refractivity contribution is 6.30. The molecule has 138 valence electrons. The van der Waals surface area contributed by atoms with Crippen LogP contribution in [0.15, 0.2) is 66.9 Å². The van der Waals surface area contributed by atoms with Gasteiger partial charge in [0.05, 0.1) is 5.69 Å². The van der Waals surface area contributed by atoms with Gasteiger partial charge in [-0.1, -0.05) is 35.9 Å². The molecular weight excluding hydrogens is 354 g/mol. The van der Waals surface area contributed by atoms with Gasteiger partial charge >= 0.3 is 0 Å². The van der Waals surface area contributed by atoms with Crippen molar-refractivity contribution in [2.24, 2.45) is 0 Å². The van der Waals surface area contributed by atoms with Crippen LogP contribution >= 0.6 is 11.6 Å². The third-order valence-corrected chi connectivity index (χ3v) is 5.41. The van der Waals surface area contributed by atoms with Gasteiger partial charge in [0, 0.05) is 48.0 Å². The molecule has 1 aliphatic rings. The summed E-state index contributed by atoms with van der Waals surface area (Å²) in [7, 11) is 0. The van der Waals surface area contributed by atoms with Crippen LogP contribution < -0.4 is 0 Å². The van der Waals surface area contributed by atoms with E-state index in [1.807, 2.05) is 24.4 Å². The predicted molar refractivity (Wildman–Crippen MR) is 110 cm³/mol. The summed E-state index contributed by atoms with van der Waals surface area (Å²) in [4.78, 5) is 12.0. The normalized spacial score (nSPS) is 17.7. The lowest BCUT2D eigenvalue weighted by Crippen LogP contribution is -2.34. The van der Waals surface area contributed by atoms with Crippen LogP contribution in [0.2, 0.25) is 5.02 Å². The highest BCUT2D eigenvalue weighted by Crippen LogP contribution is 2.27. The molecule has 3 nitrogen and oxygen atoms in total. The Balaban J connectivity index is 1.43. The fraction of sp³-hybridized carbons (Fsp3) is 0.304. The van der Waals surface area contributed by atoms with Gasteiger partial charge in [0.1, 0.15) is 0 Å². The zero-order valence-corrected chi connectivity index (χ0v) is 16.1. The van der Waals surface area contributed by atoms with Gasteiger partial charge < -0.3 is 0 Å². The summed E-state index contributed by atoms with van der Waals surface area (Å²) in [6, 6.07) is 20.6. The van der Waals surface area contributed by atoms with E-state index in [1.54, 1.807) is 0 Å². The van der Waals surface area contributed by atoms with Gasteiger partial charge in [0.15, 0.2) is 0 Å². The summed E-state index contributed by atoms with van der Waals surface area (Å²) in [5.41, 5.74) is 4.72. The largest absolute Gasteiger partial charge is 0.297 e. The first-order chi connectivity index (χ1) is 13.3. The number of piperidine rings is 1. The molecule has 0 radical (unpaired) electrons. The molecule has 2 aromatic heterocycles. The molecule has 0 saturated carbocycles.